The molecule has 0 aromatic carbocycles. The lowest BCUT2D eigenvalue weighted by Crippen LogP contribution is -2.45. The number of aliphatic hydroxyl groups is 2. The Bertz CT molecular complexity index is 908. The summed E-state index contributed by atoms with van der Waals surface area (Å²) in [6, 6.07) is -0.536. The predicted molar refractivity (Wildman–Crippen MR) is 253 cm³/mol. The molecule has 0 spiro atoms. The van der Waals surface area contributed by atoms with Crippen LogP contribution < -0.4 is 5.32 Å². The average molecular weight is 798 g/mol. The van der Waals surface area contributed by atoms with E-state index in [1.807, 2.05) is 0 Å². The molecule has 0 saturated carbocycles. The van der Waals surface area contributed by atoms with E-state index in [1.165, 1.54) is 186 Å². The second kappa shape index (κ2) is 48.7. The Hall–Kier alpha value is -1.65. The monoisotopic (exact) mass is 798 g/mol. The third-order valence-electron chi connectivity index (χ3n) is 11.6. The topological polar surface area (TPSA) is 69.6 Å². The minimum Gasteiger partial charge on any atom is -0.394 e. The van der Waals surface area contributed by atoms with E-state index >= 15 is 0 Å². The first-order valence-electron chi connectivity index (χ1n) is 25.3. The van der Waals surface area contributed by atoms with E-state index < -0.39 is 12.1 Å². The van der Waals surface area contributed by atoms with Crippen LogP contribution in [0, 0.1) is 0 Å². The standard InChI is InChI=1S/C53H99NO3/c1-3-5-7-9-11-13-15-17-19-21-22-23-24-25-26-27-28-29-30-31-32-33-35-37-39-41-43-45-47-49-53(57)54-51(50-55)52(56)48-46-44-42-40-38-36-34-20-18-16-14-12-10-8-6-4-2/h5,7,11,13,17,19,22-23,51-52,55-56H,3-4,6,8-10,12,14-16,18,20-21,24-50H2,1-2H3,(H,54,57)/b7-5-,13-11-,19-17-,23-22-. The maximum Gasteiger partial charge on any atom is 0.220 e. The summed E-state index contributed by atoms with van der Waals surface area (Å²) in [6.45, 7) is 4.26. The first-order chi connectivity index (χ1) is 28.2. The lowest BCUT2D eigenvalue weighted by Gasteiger charge is -2.22. The van der Waals surface area contributed by atoms with Crippen molar-refractivity contribution >= 4 is 5.91 Å². The van der Waals surface area contributed by atoms with Gasteiger partial charge in [-0.15, -0.1) is 0 Å². The Morgan fingerprint density at radius 3 is 1.16 bits per heavy atom. The fraction of sp³-hybridized carbons (Fsp3) is 0.830. The van der Waals surface area contributed by atoms with Gasteiger partial charge >= 0.3 is 0 Å². The van der Waals surface area contributed by atoms with Crippen molar-refractivity contribution < 1.29 is 15.0 Å². The number of carbonyl (C=O) groups is 1. The van der Waals surface area contributed by atoms with Crippen LogP contribution in [0.2, 0.25) is 0 Å². The van der Waals surface area contributed by atoms with Crippen molar-refractivity contribution in [2.45, 2.75) is 276 Å². The molecule has 0 bridgehead atoms. The highest BCUT2D eigenvalue weighted by Crippen LogP contribution is 2.17. The molecule has 0 heterocycles. The van der Waals surface area contributed by atoms with Gasteiger partial charge in [-0.2, -0.15) is 0 Å². The quantitative estimate of drug-likeness (QED) is 0.0424. The number of hydrogen-bond donors (Lipinski definition) is 3. The molecule has 4 nitrogen and oxygen atoms in total. The van der Waals surface area contributed by atoms with Gasteiger partial charge in [0.05, 0.1) is 18.8 Å². The number of hydrogen-bond acceptors (Lipinski definition) is 3. The van der Waals surface area contributed by atoms with Gasteiger partial charge in [0.1, 0.15) is 0 Å². The summed E-state index contributed by atoms with van der Waals surface area (Å²) >= 11 is 0. The predicted octanol–water partition coefficient (Wildman–Crippen LogP) is 16.3. The maximum atomic E-state index is 12.5. The van der Waals surface area contributed by atoms with Crippen molar-refractivity contribution in [2.75, 3.05) is 6.61 Å². The van der Waals surface area contributed by atoms with E-state index in [2.05, 4.69) is 67.8 Å². The third-order valence-corrected chi connectivity index (χ3v) is 11.6. The van der Waals surface area contributed by atoms with Crippen molar-refractivity contribution in [1.82, 2.24) is 5.32 Å². The first-order valence-corrected chi connectivity index (χ1v) is 25.3. The summed E-state index contributed by atoms with van der Waals surface area (Å²) in [5, 5.41) is 23.3. The second-order valence-corrected chi connectivity index (χ2v) is 17.2. The minimum absolute atomic E-state index is 0.0298. The Morgan fingerprint density at radius 1 is 0.439 bits per heavy atom. The van der Waals surface area contributed by atoms with Crippen LogP contribution in [-0.4, -0.2) is 34.9 Å². The number of unbranched alkanes of at least 4 members (excludes halogenated alkanes) is 31. The van der Waals surface area contributed by atoms with Crippen LogP contribution in [0.3, 0.4) is 0 Å². The Balaban J connectivity index is 3.46. The third kappa shape index (κ3) is 45.3. The molecule has 0 aromatic rings. The van der Waals surface area contributed by atoms with Crippen molar-refractivity contribution in [3.8, 4) is 0 Å². The highest BCUT2D eigenvalue weighted by Gasteiger charge is 2.20. The Labute approximate surface area is 356 Å². The zero-order chi connectivity index (χ0) is 41.4. The molecule has 0 aliphatic rings. The fourth-order valence-corrected chi connectivity index (χ4v) is 7.77. The zero-order valence-electron chi connectivity index (χ0n) is 38.4. The van der Waals surface area contributed by atoms with Gasteiger partial charge in [0.15, 0.2) is 0 Å². The van der Waals surface area contributed by atoms with Gasteiger partial charge in [-0.1, -0.05) is 255 Å². The SMILES string of the molecule is CC/C=C\C/C=C\C/C=C\C/C=C\CCCCCCCCCCCCCCCCCCC(=O)NC(CO)C(O)CCCCCCCCCCCCCCCCCC. The normalized spacial score (nSPS) is 13.3. The van der Waals surface area contributed by atoms with Gasteiger partial charge < -0.3 is 15.5 Å². The molecule has 0 saturated heterocycles. The van der Waals surface area contributed by atoms with Gasteiger partial charge in [-0.25, -0.2) is 0 Å². The first kappa shape index (κ1) is 55.4. The van der Waals surface area contributed by atoms with Crippen molar-refractivity contribution in [2.24, 2.45) is 0 Å². The van der Waals surface area contributed by atoms with Gasteiger partial charge in [0.25, 0.3) is 0 Å². The smallest absolute Gasteiger partial charge is 0.220 e. The molecule has 57 heavy (non-hydrogen) atoms. The molecular weight excluding hydrogens is 699 g/mol. The molecule has 0 aromatic heterocycles. The summed E-state index contributed by atoms with van der Waals surface area (Å²) in [7, 11) is 0. The van der Waals surface area contributed by atoms with Gasteiger partial charge in [0, 0.05) is 6.42 Å². The fourth-order valence-electron chi connectivity index (χ4n) is 7.77. The highest BCUT2D eigenvalue weighted by molar-refractivity contribution is 5.76. The number of amides is 1. The van der Waals surface area contributed by atoms with Gasteiger partial charge in [-0.05, 0) is 51.4 Å². The van der Waals surface area contributed by atoms with Crippen molar-refractivity contribution in [3.05, 3.63) is 48.6 Å². The number of nitrogens with one attached hydrogen (secondary N) is 1. The van der Waals surface area contributed by atoms with Gasteiger partial charge in [-0.3, -0.25) is 4.79 Å². The molecule has 4 heteroatoms. The molecule has 334 valence electrons. The van der Waals surface area contributed by atoms with Crippen LogP contribution in [0.25, 0.3) is 0 Å². The maximum absolute atomic E-state index is 12.5. The van der Waals surface area contributed by atoms with Crippen LogP contribution in [0.5, 0.6) is 0 Å². The average Bonchev–Trinajstić information content (AvgIpc) is 3.22. The number of allylic oxidation sites excluding steroid dienone is 8. The molecule has 0 aliphatic carbocycles. The van der Waals surface area contributed by atoms with Gasteiger partial charge in [0.2, 0.25) is 5.91 Å². The molecule has 3 N–H and O–H groups in total. The van der Waals surface area contributed by atoms with Crippen molar-refractivity contribution in [3.63, 3.8) is 0 Å². The molecule has 0 rings (SSSR count). The number of carbonyl (C=O) groups excluding carboxylic acids is 1. The largest absolute Gasteiger partial charge is 0.394 e. The summed E-state index contributed by atoms with van der Waals surface area (Å²) in [4.78, 5) is 12.5. The number of rotatable bonds is 46. The van der Waals surface area contributed by atoms with Crippen LogP contribution in [-0.2, 0) is 4.79 Å². The Kier molecular flexibility index (Phi) is 47.3. The lowest BCUT2D eigenvalue weighted by atomic mass is 10.0. The molecule has 0 aliphatic heterocycles. The highest BCUT2D eigenvalue weighted by atomic mass is 16.3. The minimum atomic E-state index is -0.659. The van der Waals surface area contributed by atoms with E-state index in [0.717, 1.165) is 51.4 Å². The summed E-state index contributed by atoms with van der Waals surface area (Å²) < 4.78 is 0. The molecule has 2 unspecified atom stereocenters. The molecule has 1 amide bonds. The Morgan fingerprint density at radius 2 is 0.772 bits per heavy atom. The van der Waals surface area contributed by atoms with Crippen LogP contribution >= 0.6 is 0 Å². The van der Waals surface area contributed by atoms with Crippen LogP contribution in [0.1, 0.15) is 264 Å². The summed E-state index contributed by atoms with van der Waals surface area (Å²) in [6.07, 6.45) is 66.4. The van der Waals surface area contributed by atoms with E-state index in [9.17, 15) is 15.0 Å². The summed E-state index contributed by atoms with van der Waals surface area (Å²) in [5.41, 5.74) is 0. The lowest BCUT2D eigenvalue weighted by molar-refractivity contribution is -0.123. The zero-order valence-corrected chi connectivity index (χ0v) is 38.4. The molecule has 0 radical (unpaired) electrons. The number of aliphatic hydroxyl groups excluding tert-OH is 2. The van der Waals surface area contributed by atoms with E-state index in [-0.39, 0.29) is 12.5 Å². The van der Waals surface area contributed by atoms with E-state index in [1.54, 1.807) is 0 Å². The van der Waals surface area contributed by atoms with E-state index in [4.69, 9.17) is 0 Å². The van der Waals surface area contributed by atoms with E-state index in [0.29, 0.717) is 12.8 Å². The summed E-state index contributed by atoms with van der Waals surface area (Å²) in [5.74, 6) is -0.0298. The van der Waals surface area contributed by atoms with Crippen LogP contribution in [0.15, 0.2) is 48.6 Å². The van der Waals surface area contributed by atoms with Crippen molar-refractivity contribution in [1.29, 1.82) is 0 Å². The molecule has 2 atom stereocenters. The molecular formula is C53H99NO3. The second-order valence-electron chi connectivity index (χ2n) is 17.2. The molecule has 0 fully saturated rings. The van der Waals surface area contributed by atoms with Crippen LogP contribution in [0.4, 0.5) is 0 Å².